The molecule has 124 valence electrons. The predicted molar refractivity (Wildman–Crippen MR) is 99.6 cm³/mol. The summed E-state index contributed by atoms with van der Waals surface area (Å²) in [6.07, 6.45) is 3.95. The van der Waals surface area contributed by atoms with Crippen LogP contribution >= 0.6 is 15.9 Å². The molecule has 2 N–H and O–H groups in total. The summed E-state index contributed by atoms with van der Waals surface area (Å²) in [6.45, 7) is 3.19. The van der Waals surface area contributed by atoms with E-state index in [-0.39, 0.29) is 0 Å². The molecule has 0 bridgehead atoms. The first-order chi connectivity index (χ1) is 11.7. The van der Waals surface area contributed by atoms with Gasteiger partial charge in [-0.15, -0.1) is 0 Å². The fraction of sp³-hybridized carbons (Fsp3) is 0.333. The molecular weight excluding hydrogens is 366 g/mol. The van der Waals surface area contributed by atoms with Gasteiger partial charge in [0.2, 0.25) is 0 Å². The largest absolute Gasteiger partial charge is 0.383 e. The van der Waals surface area contributed by atoms with Crippen molar-refractivity contribution in [1.82, 2.24) is 19.7 Å². The lowest BCUT2D eigenvalue weighted by Crippen LogP contribution is -2.34. The molecule has 0 amide bonds. The number of fused-ring (bicyclic) bond motifs is 1. The van der Waals surface area contributed by atoms with Crippen molar-refractivity contribution in [1.29, 1.82) is 0 Å². The molecule has 0 radical (unpaired) electrons. The van der Waals surface area contributed by atoms with Crippen LogP contribution in [0.4, 0.5) is 5.82 Å². The van der Waals surface area contributed by atoms with E-state index in [1.807, 2.05) is 6.07 Å². The summed E-state index contributed by atoms with van der Waals surface area (Å²) in [5.41, 5.74) is 8.45. The Morgan fingerprint density at radius 2 is 1.88 bits per heavy atom. The molecule has 1 aromatic carbocycles. The highest BCUT2D eigenvalue weighted by Gasteiger charge is 2.24. The van der Waals surface area contributed by atoms with Gasteiger partial charge in [0.25, 0.3) is 0 Å². The topological polar surface area (TPSA) is 60.0 Å². The third-order valence-corrected chi connectivity index (χ3v) is 5.31. The molecule has 6 heteroatoms. The van der Waals surface area contributed by atoms with E-state index in [0.29, 0.717) is 11.9 Å². The van der Waals surface area contributed by atoms with E-state index in [4.69, 9.17) is 5.73 Å². The zero-order valence-electron chi connectivity index (χ0n) is 13.4. The van der Waals surface area contributed by atoms with Crippen LogP contribution in [-0.4, -0.2) is 32.8 Å². The Hall–Kier alpha value is -1.92. The Labute approximate surface area is 149 Å². The van der Waals surface area contributed by atoms with Gasteiger partial charge >= 0.3 is 0 Å². The highest BCUT2D eigenvalue weighted by molar-refractivity contribution is 9.10. The van der Waals surface area contributed by atoms with Crippen LogP contribution in [0.25, 0.3) is 10.9 Å². The monoisotopic (exact) mass is 385 g/mol. The van der Waals surface area contributed by atoms with Gasteiger partial charge in [-0.2, -0.15) is 5.10 Å². The average molecular weight is 386 g/mol. The SMILES string of the molecule is Nc1nccc2c1c(Br)nn2C1CCN(Cc2ccccc2)CC1. The van der Waals surface area contributed by atoms with Crippen molar-refractivity contribution in [2.75, 3.05) is 18.8 Å². The van der Waals surface area contributed by atoms with Gasteiger partial charge in [-0.1, -0.05) is 30.3 Å². The number of pyridine rings is 1. The molecule has 0 aliphatic carbocycles. The highest BCUT2D eigenvalue weighted by Crippen LogP contribution is 2.32. The van der Waals surface area contributed by atoms with Gasteiger partial charge in [0.15, 0.2) is 0 Å². The molecule has 5 nitrogen and oxygen atoms in total. The number of nitrogens with zero attached hydrogens (tertiary/aromatic N) is 4. The number of nitrogen functional groups attached to an aromatic ring is 1. The number of anilines is 1. The zero-order valence-corrected chi connectivity index (χ0v) is 15.0. The van der Waals surface area contributed by atoms with Crippen LogP contribution in [0.3, 0.4) is 0 Å². The van der Waals surface area contributed by atoms with E-state index in [0.717, 1.165) is 48.0 Å². The van der Waals surface area contributed by atoms with E-state index < -0.39 is 0 Å². The van der Waals surface area contributed by atoms with Crippen molar-refractivity contribution in [2.24, 2.45) is 0 Å². The molecule has 0 saturated carbocycles. The number of hydrogen-bond acceptors (Lipinski definition) is 4. The van der Waals surface area contributed by atoms with Crippen molar-refractivity contribution in [3.05, 3.63) is 52.8 Å². The maximum Gasteiger partial charge on any atom is 0.139 e. The molecule has 0 unspecified atom stereocenters. The number of nitrogens with two attached hydrogens (primary N) is 1. The highest BCUT2D eigenvalue weighted by atomic mass is 79.9. The van der Waals surface area contributed by atoms with Crippen LogP contribution < -0.4 is 5.73 Å². The van der Waals surface area contributed by atoms with Gasteiger partial charge in [-0.3, -0.25) is 9.58 Å². The second-order valence-corrected chi connectivity index (χ2v) is 7.07. The first-order valence-corrected chi connectivity index (χ1v) is 9.06. The fourth-order valence-corrected chi connectivity index (χ4v) is 4.09. The molecule has 3 aromatic rings. The van der Waals surface area contributed by atoms with Crippen LogP contribution in [0.15, 0.2) is 47.2 Å². The fourth-order valence-electron chi connectivity index (χ4n) is 3.51. The van der Waals surface area contributed by atoms with Gasteiger partial charge < -0.3 is 5.73 Å². The normalized spacial score (nSPS) is 16.7. The number of halogens is 1. The van der Waals surface area contributed by atoms with Gasteiger partial charge in [0.1, 0.15) is 10.4 Å². The van der Waals surface area contributed by atoms with Gasteiger partial charge in [-0.05, 0) is 40.4 Å². The predicted octanol–water partition coefficient (Wildman–Crippen LogP) is 3.61. The van der Waals surface area contributed by atoms with E-state index in [1.54, 1.807) is 6.20 Å². The Morgan fingerprint density at radius 3 is 2.62 bits per heavy atom. The Balaban J connectivity index is 1.49. The maximum absolute atomic E-state index is 6.01. The molecule has 0 spiro atoms. The van der Waals surface area contributed by atoms with Gasteiger partial charge in [0.05, 0.1) is 16.9 Å². The molecule has 2 aromatic heterocycles. The zero-order chi connectivity index (χ0) is 16.5. The minimum atomic E-state index is 0.410. The van der Waals surface area contributed by atoms with Crippen molar-refractivity contribution in [3.8, 4) is 0 Å². The summed E-state index contributed by atoms with van der Waals surface area (Å²) in [5.74, 6) is 0.534. The molecule has 1 fully saturated rings. The summed E-state index contributed by atoms with van der Waals surface area (Å²) in [7, 11) is 0. The quantitative estimate of drug-likeness (QED) is 0.747. The molecule has 1 aliphatic heterocycles. The van der Waals surface area contributed by atoms with Crippen molar-refractivity contribution in [3.63, 3.8) is 0 Å². The van der Waals surface area contributed by atoms with E-state index in [2.05, 4.69) is 65.9 Å². The van der Waals surface area contributed by atoms with E-state index in [9.17, 15) is 0 Å². The number of likely N-dealkylation sites (tertiary alicyclic amines) is 1. The second-order valence-electron chi connectivity index (χ2n) is 6.32. The standard InChI is InChI=1S/C18H20BrN5/c19-17-16-15(6-9-21-18(16)20)24(22-17)14-7-10-23(11-8-14)12-13-4-2-1-3-5-13/h1-6,9,14H,7-8,10-12H2,(H2,20,21). The first kappa shape index (κ1) is 15.6. The average Bonchev–Trinajstić information content (AvgIpc) is 2.95. The Bertz CT molecular complexity index is 837. The molecule has 0 atom stereocenters. The van der Waals surface area contributed by atoms with Crippen LogP contribution in [0.2, 0.25) is 0 Å². The van der Waals surface area contributed by atoms with Crippen LogP contribution in [0.5, 0.6) is 0 Å². The van der Waals surface area contributed by atoms with Crippen LogP contribution in [0, 0.1) is 0 Å². The molecule has 3 heterocycles. The van der Waals surface area contributed by atoms with Gasteiger partial charge in [0, 0.05) is 25.8 Å². The summed E-state index contributed by atoms with van der Waals surface area (Å²) < 4.78 is 2.91. The molecule has 24 heavy (non-hydrogen) atoms. The molecule has 1 saturated heterocycles. The smallest absolute Gasteiger partial charge is 0.139 e. The minimum Gasteiger partial charge on any atom is -0.383 e. The second kappa shape index (κ2) is 6.53. The van der Waals surface area contributed by atoms with Crippen molar-refractivity contribution >= 4 is 32.7 Å². The first-order valence-electron chi connectivity index (χ1n) is 8.27. The summed E-state index contributed by atoms with van der Waals surface area (Å²) >= 11 is 3.53. The minimum absolute atomic E-state index is 0.410. The number of rotatable bonds is 3. The number of piperidine rings is 1. The van der Waals surface area contributed by atoms with Crippen LogP contribution in [0.1, 0.15) is 24.4 Å². The summed E-state index contributed by atoms with van der Waals surface area (Å²) in [6, 6.07) is 13.1. The van der Waals surface area contributed by atoms with Gasteiger partial charge in [-0.25, -0.2) is 4.98 Å². The molecular formula is C18H20BrN5. The summed E-state index contributed by atoms with van der Waals surface area (Å²) in [4.78, 5) is 6.69. The number of benzene rings is 1. The maximum atomic E-state index is 6.01. The van der Waals surface area contributed by atoms with E-state index in [1.165, 1.54) is 5.56 Å². The number of aromatic nitrogens is 3. The lowest BCUT2D eigenvalue weighted by Gasteiger charge is -2.32. The third-order valence-electron chi connectivity index (χ3n) is 4.76. The lowest BCUT2D eigenvalue weighted by atomic mass is 10.0. The summed E-state index contributed by atoms with van der Waals surface area (Å²) in [5, 5.41) is 5.60. The van der Waals surface area contributed by atoms with E-state index >= 15 is 0 Å². The third kappa shape index (κ3) is 2.91. The number of hydrogen-bond donors (Lipinski definition) is 1. The Morgan fingerprint density at radius 1 is 1.12 bits per heavy atom. The van der Waals surface area contributed by atoms with Crippen LogP contribution in [-0.2, 0) is 6.54 Å². The Kier molecular flexibility index (Phi) is 4.24. The van der Waals surface area contributed by atoms with Crippen molar-refractivity contribution < 1.29 is 0 Å². The van der Waals surface area contributed by atoms with Crippen molar-refractivity contribution in [2.45, 2.75) is 25.4 Å². The molecule has 4 rings (SSSR count). The lowest BCUT2D eigenvalue weighted by molar-refractivity contribution is 0.175. The molecule has 1 aliphatic rings.